The lowest BCUT2D eigenvalue weighted by Crippen LogP contribution is -2.04. The van der Waals surface area contributed by atoms with Gasteiger partial charge in [0.25, 0.3) is 0 Å². The number of rotatable bonds is 5. The Bertz CT molecular complexity index is 1190. The minimum atomic E-state index is 0.438. The number of carbonyl (C=O) groups is 1. The first-order valence-corrected chi connectivity index (χ1v) is 11.8. The first kappa shape index (κ1) is 19.9. The van der Waals surface area contributed by atoms with E-state index in [-0.39, 0.29) is 0 Å². The van der Waals surface area contributed by atoms with Crippen LogP contribution in [0.1, 0.15) is 59.6 Å². The van der Waals surface area contributed by atoms with Crippen LogP contribution in [0.25, 0.3) is 27.6 Å². The quantitative estimate of drug-likeness (QED) is 0.328. The molecule has 0 N–H and O–H groups in total. The van der Waals surface area contributed by atoms with Crippen LogP contribution in [0.4, 0.5) is 0 Å². The molecule has 1 saturated carbocycles. The molecule has 0 amide bonds. The average Bonchev–Trinajstić information content (AvgIpc) is 3.45. The summed E-state index contributed by atoms with van der Waals surface area (Å²) in [5.41, 5.74) is 7.15. The molecule has 31 heavy (non-hydrogen) atoms. The van der Waals surface area contributed by atoms with Gasteiger partial charge in [0.15, 0.2) is 6.29 Å². The highest BCUT2D eigenvalue weighted by atomic mass is 32.1. The molecule has 1 fully saturated rings. The summed E-state index contributed by atoms with van der Waals surface area (Å²) in [6, 6.07) is 19.2. The molecular formula is C26H25N3OS. The van der Waals surface area contributed by atoms with Gasteiger partial charge in [0.05, 0.1) is 11.4 Å². The molecule has 0 spiro atoms. The van der Waals surface area contributed by atoms with Gasteiger partial charge in [0.2, 0.25) is 5.13 Å². The lowest BCUT2D eigenvalue weighted by atomic mass is 9.84. The maximum atomic E-state index is 11.2. The Morgan fingerprint density at radius 2 is 1.71 bits per heavy atom. The number of benzene rings is 2. The van der Waals surface area contributed by atoms with Gasteiger partial charge in [-0.1, -0.05) is 73.9 Å². The Balaban J connectivity index is 1.61. The number of hydrogen-bond donors (Lipinski definition) is 0. The van der Waals surface area contributed by atoms with E-state index in [0.29, 0.717) is 16.7 Å². The van der Waals surface area contributed by atoms with Crippen LogP contribution >= 0.6 is 11.3 Å². The molecular weight excluding hydrogens is 402 g/mol. The third-order valence-corrected chi connectivity index (χ3v) is 7.08. The molecule has 0 aliphatic heterocycles. The fraction of sp³-hybridized carbons (Fsp3) is 0.269. The van der Waals surface area contributed by atoms with Crippen molar-refractivity contribution in [1.82, 2.24) is 14.8 Å². The van der Waals surface area contributed by atoms with E-state index in [2.05, 4.69) is 48.3 Å². The standard InChI is InChI=1S/C26H25N3OS/c1-18-24(21-10-6-3-7-11-21)28-29(26-27-23(16-30)17-31-26)25(18)22-14-12-20(13-15-22)19-8-4-2-5-9-19/h3,6-7,10-17,19H,2,4-5,8-9H2,1H3. The zero-order valence-electron chi connectivity index (χ0n) is 17.6. The van der Waals surface area contributed by atoms with Gasteiger partial charge in [-0.05, 0) is 31.2 Å². The maximum Gasteiger partial charge on any atom is 0.211 e. The highest BCUT2D eigenvalue weighted by Crippen LogP contribution is 2.37. The summed E-state index contributed by atoms with van der Waals surface area (Å²) in [5, 5.41) is 7.42. The third-order valence-electron chi connectivity index (χ3n) is 6.24. The molecule has 5 rings (SSSR count). The zero-order chi connectivity index (χ0) is 21.2. The van der Waals surface area contributed by atoms with Gasteiger partial charge in [-0.3, -0.25) is 4.79 Å². The van der Waals surface area contributed by atoms with Crippen LogP contribution in [0.2, 0.25) is 0 Å². The summed E-state index contributed by atoms with van der Waals surface area (Å²) in [6.07, 6.45) is 7.41. The minimum Gasteiger partial charge on any atom is -0.296 e. The molecule has 156 valence electrons. The summed E-state index contributed by atoms with van der Waals surface area (Å²) in [6.45, 7) is 2.12. The monoisotopic (exact) mass is 427 g/mol. The van der Waals surface area contributed by atoms with Crippen molar-refractivity contribution in [2.45, 2.75) is 44.9 Å². The largest absolute Gasteiger partial charge is 0.296 e. The molecule has 0 radical (unpaired) electrons. The first-order chi connectivity index (χ1) is 15.2. The van der Waals surface area contributed by atoms with E-state index in [9.17, 15) is 4.79 Å². The normalized spacial score (nSPS) is 14.6. The number of thiazole rings is 1. The third kappa shape index (κ3) is 3.86. The van der Waals surface area contributed by atoms with E-state index in [1.165, 1.54) is 49.0 Å². The molecule has 0 bridgehead atoms. The van der Waals surface area contributed by atoms with Crippen LogP contribution in [0, 0.1) is 6.92 Å². The summed E-state index contributed by atoms with van der Waals surface area (Å²) >= 11 is 1.44. The molecule has 1 aliphatic rings. The van der Waals surface area contributed by atoms with Crippen molar-refractivity contribution in [3.8, 4) is 27.6 Å². The van der Waals surface area contributed by atoms with Crippen molar-refractivity contribution >= 4 is 17.6 Å². The average molecular weight is 428 g/mol. The second-order valence-electron chi connectivity index (χ2n) is 8.23. The van der Waals surface area contributed by atoms with Crippen molar-refractivity contribution in [3.05, 3.63) is 76.8 Å². The van der Waals surface area contributed by atoms with E-state index in [4.69, 9.17) is 5.10 Å². The molecule has 4 aromatic rings. The number of aldehydes is 1. The highest BCUT2D eigenvalue weighted by molar-refractivity contribution is 7.12. The van der Waals surface area contributed by atoms with E-state index in [1.807, 2.05) is 22.9 Å². The van der Waals surface area contributed by atoms with Crippen molar-refractivity contribution in [3.63, 3.8) is 0 Å². The number of carbonyl (C=O) groups excluding carboxylic acids is 1. The van der Waals surface area contributed by atoms with E-state index < -0.39 is 0 Å². The van der Waals surface area contributed by atoms with Gasteiger partial charge < -0.3 is 0 Å². The molecule has 1 aliphatic carbocycles. The van der Waals surface area contributed by atoms with Crippen LogP contribution in [0.15, 0.2) is 60.0 Å². The zero-order valence-corrected chi connectivity index (χ0v) is 18.4. The predicted molar refractivity (Wildman–Crippen MR) is 126 cm³/mol. The molecule has 0 saturated heterocycles. The Morgan fingerprint density at radius 3 is 2.39 bits per heavy atom. The van der Waals surface area contributed by atoms with Crippen LogP contribution in [-0.4, -0.2) is 21.1 Å². The summed E-state index contributed by atoms with van der Waals surface area (Å²) in [4.78, 5) is 15.7. The van der Waals surface area contributed by atoms with Crippen LogP contribution < -0.4 is 0 Å². The Morgan fingerprint density at radius 1 is 0.968 bits per heavy atom. The van der Waals surface area contributed by atoms with Gasteiger partial charge in [-0.25, -0.2) is 9.67 Å². The van der Waals surface area contributed by atoms with Crippen molar-refractivity contribution in [2.24, 2.45) is 0 Å². The topological polar surface area (TPSA) is 47.8 Å². The maximum absolute atomic E-state index is 11.2. The summed E-state index contributed by atoms with van der Waals surface area (Å²) < 4.78 is 1.89. The van der Waals surface area contributed by atoms with E-state index >= 15 is 0 Å². The number of nitrogens with zero attached hydrogens (tertiary/aromatic N) is 3. The van der Waals surface area contributed by atoms with E-state index in [1.54, 1.807) is 5.38 Å². The molecule has 0 unspecified atom stereocenters. The van der Waals surface area contributed by atoms with Gasteiger partial charge in [0, 0.05) is 22.1 Å². The Hall–Kier alpha value is -3.05. The summed E-state index contributed by atoms with van der Waals surface area (Å²) in [5.74, 6) is 0.683. The SMILES string of the molecule is Cc1c(-c2ccccc2)nn(-c2nc(C=O)cs2)c1-c1ccc(C2CCCCC2)cc1. The van der Waals surface area contributed by atoms with Crippen LogP contribution in [0.3, 0.4) is 0 Å². The lowest BCUT2D eigenvalue weighted by Gasteiger charge is -2.22. The predicted octanol–water partition coefficient (Wildman–Crippen LogP) is 6.83. The fourth-order valence-electron chi connectivity index (χ4n) is 4.62. The van der Waals surface area contributed by atoms with Gasteiger partial charge in [-0.2, -0.15) is 5.10 Å². The van der Waals surface area contributed by atoms with E-state index in [0.717, 1.165) is 34.4 Å². The second kappa shape index (κ2) is 8.60. The van der Waals surface area contributed by atoms with Crippen molar-refractivity contribution < 1.29 is 4.79 Å². The van der Waals surface area contributed by atoms with Crippen LogP contribution in [0.5, 0.6) is 0 Å². The Labute approximate surface area is 186 Å². The highest BCUT2D eigenvalue weighted by Gasteiger charge is 2.21. The smallest absolute Gasteiger partial charge is 0.211 e. The first-order valence-electron chi connectivity index (χ1n) is 10.9. The second-order valence-corrected chi connectivity index (χ2v) is 9.07. The fourth-order valence-corrected chi connectivity index (χ4v) is 5.34. The van der Waals surface area contributed by atoms with Gasteiger partial charge >= 0.3 is 0 Å². The molecule has 5 heteroatoms. The van der Waals surface area contributed by atoms with Gasteiger partial charge in [-0.15, -0.1) is 11.3 Å². The minimum absolute atomic E-state index is 0.438. The van der Waals surface area contributed by atoms with Gasteiger partial charge in [0.1, 0.15) is 5.69 Å². The summed E-state index contributed by atoms with van der Waals surface area (Å²) in [7, 11) is 0. The Kier molecular flexibility index (Phi) is 5.51. The number of hydrogen-bond acceptors (Lipinski definition) is 4. The van der Waals surface area contributed by atoms with Crippen molar-refractivity contribution in [2.75, 3.05) is 0 Å². The molecule has 0 atom stereocenters. The molecule has 2 aromatic heterocycles. The number of aromatic nitrogens is 3. The van der Waals surface area contributed by atoms with Crippen LogP contribution in [-0.2, 0) is 0 Å². The lowest BCUT2D eigenvalue weighted by molar-refractivity contribution is 0.111. The molecule has 2 aromatic carbocycles. The molecule has 2 heterocycles. The molecule has 4 nitrogen and oxygen atoms in total. The van der Waals surface area contributed by atoms with Crippen molar-refractivity contribution in [1.29, 1.82) is 0 Å².